The van der Waals surface area contributed by atoms with Crippen molar-refractivity contribution in [2.24, 2.45) is 0 Å². The topological polar surface area (TPSA) is 78.5 Å². The van der Waals surface area contributed by atoms with E-state index in [1.165, 1.54) is 5.56 Å². The van der Waals surface area contributed by atoms with Gasteiger partial charge in [-0.25, -0.2) is 0 Å². The number of aryl methyl sites for hydroxylation is 1. The summed E-state index contributed by atoms with van der Waals surface area (Å²) in [7, 11) is 1.64. The number of nitrogens with zero attached hydrogens (tertiary/aromatic N) is 2. The Hall–Kier alpha value is -4.00. The van der Waals surface area contributed by atoms with E-state index in [0.29, 0.717) is 18.0 Å². The molecule has 0 spiro atoms. The van der Waals surface area contributed by atoms with Crippen molar-refractivity contribution in [2.75, 3.05) is 12.4 Å². The first-order chi connectivity index (χ1) is 15.6. The highest BCUT2D eigenvalue weighted by atomic mass is 16.5. The number of hydrogen-bond donors (Lipinski definition) is 1. The predicted octanol–water partition coefficient (Wildman–Crippen LogP) is 4.93. The van der Waals surface area contributed by atoms with Crippen molar-refractivity contribution >= 4 is 11.6 Å². The highest BCUT2D eigenvalue weighted by Gasteiger charge is 2.13. The van der Waals surface area contributed by atoms with Crippen LogP contribution in [0.25, 0.3) is 0 Å². The van der Waals surface area contributed by atoms with Gasteiger partial charge in [0.05, 0.1) is 25.5 Å². The summed E-state index contributed by atoms with van der Waals surface area (Å²) in [5.74, 6) is 1.99. The summed E-state index contributed by atoms with van der Waals surface area (Å²) in [6, 6.07) is 19.1. The van der Waals surface area contributed by atoms with Crippen LogP contribution in [0.1, 0.15) is 34.4 Å². The molecule has 7 nitrogen and oxygen atoms in total. The van der Waals surface area contributed by atoms with Crippen LogP contribution < -0.4 is 14.8 Å². The Labute approximate surface area is 186 Å². The fourth-order valence-corrected chi connectivity index (χ4v) is 3.22. The van der Waals surface area contributed by atoms with Gasteiger partial charge in [-0.3, -0.25) is 9.48 Å². The normalized spacial score (nSPS) is 10.7. The van der Waals surface area contributed by atoms with Gasteiger partial charge in [0, 0.05) is 6.20 Å². The molecule has 32 heavy (non-hydrogen) atoms. The molecule has 2 heterocycles. The molecule has 4 aromatic rings. The maximum absolute atomic E-state index is 12.5. The van der Waals surface area contributed by atoms with Gasteiger partial charge >= 0.3 is 0 Å². The molecule has 0 radical (unpaired) electrons. The van der Waals surface area contributed by atoms with E-state index in [1.54, 1.807) is 36.3 Å². The Morgan fingerprint density at radius 1 is 1.06 bits per heavy atom. The number of carbonyl (C=O) groups is 1. The highest BCUT2D eigenvalue weighted by Crippen LogP contribution is 2.18. The molecule has 0 unspecified atom stereocenters. The summed E-state index contributed by atoms with van der Waals surface area (Å²) in [4.78, 5) is 12.5. The lowest BCUT2D eigenvalue weighted by Crippen LogP contribution is -2.10. The summed E-state index contributed by atoms with van der Waals surface area (Å²) in [5, 5.41) is 7.11. The Kier molecular flexibility index (Phi) is 6.55. The zero-order valence-corrected chi connectivity index (χ0v) is 18.1. The third-order valence-electron chi connectivity index (χ3n) is 4.97. The molecule has 1 N–H and O–H groups in total. The number of benzene rings is 2. The number of carbonyl (C=O) groups excluding carboxylic acids is 1. The van der Waals surface area contributed by atoms with Gasteiger partial charge in [0.2, 0.25) is 0 Å². The SMILES string of the molecule is CCc1ccc(OCc2ccc(C(=O)Nc3cnn(Cc4cccc(OC)c4)c3)o2)cc1. The molecule has 164 valence electrons. The van der Waals surface area contributed by atoms with Crippen LogP contribution in [0.2, 0.25) is 0 Å². The second-order valence-electron chi connectivity index (χ2n) is 7.28. The maximum atomic E-state index is 12.5. The number of amides is 1. The first-order valence-corrected chi connectivity index (χ1v) is 10.4. The fraction of sp³-hybridized carbons (Fsp3) is 0.200. The van der Waals surface area contributed by atoms with Crippen molar-refractivity contribution in [2.45, 2.75) is 26.5 Å². The molecule has 2 aromatic carbocycles. The van der Waals surface area contributed by atoms with Crippen molar-refractivity contribution in [3.8, 4) is 11.5 Å². The predicted molar refractivity (Wildman–Crippen MR) is 121 cm³/mol. The van der Waals surface area contributed by atoms with E-state index in [-0.39, 0.29) is 18.3 Å². The number of anilines is 1. The molecule has 4 rings (SSSR count). The van der Waals surface area contributed by atoms with E-state index in [1.807, 2.05) is 48.5 Å². The van der Waals surface area contributed by atoms with Gasteiger partial charge in [-0.2, -0.15) is 5.10 Å². The lowest BCUT2D eigenvalue weighted by Gasteiger charge is -2.05. The van der Waals surface area contributed by atoms with E-state index < -0.39 is 0 Å². The quantitative estimate of drug-likeness (QED) is 0.407. The van der Waals surface area contributed by atoms with Gasteiger partial charge in [0.1, 0.15) is 23.9 Å². The van der Waals surface area contributed by atoms with Crippen molar-refractivity contribution < 1.29 is 18.7 Å². The number of nitrogens with one attached hydrogen (secondary N) is 1. The number of aromatic nitrogens is 2. The Bertz CT molecular complexity index is 1180. The molecule has 2 aromatic heterocycles. The van der Waals surface area contributed by atoms with Gasteiger partial charge in [-0.05, 0) is 53.9 Å². The van der Waals surface area contributed by atoms with E-state index >= 15 is 0 Å². The Balaban J connectivity index is 1.31. The second kappa shape index (κ2) is 9.87. The van der Waals surface area contributed by atoms with Crippen LogP contribution in [0.4, 0.5) is 5.69 Å². The summed E-state index contributed by atoms with van der Waals surface area (Å²) < 4.78 is 18.4. The largest absolute Gasteiger partial charge is 0.497 e. The molecule has 0 aliphatic carbocycles. The summed E-state index contributed by atoms with van der Waals surface area (Å²) >= 11 is 0. The molecule has 0 bridgehead atoms. The standard InChI is InChI=1S/C25H25N3O4/c1-3-18-7-9-21(10-8-18)31-17-23-11-12-24(32-23)25(29)27-20-14-26-28(16-20)15-19-5-4-6-22(13-19)30-2/h4-14,16H,3,15,17H2,1-2H3,(H,27,29). The number of rotatable bonds is 9. The van der Waals surface area contributed by atoms with Crippen molar-refractivity contribution in [3.63, 3.8) is 0 Å². The molecule has 0 saturated carbocycles. The fourth-order valence-electron chi connectivity index (χ4n) is 3.22. The Morgan fingerprint density at radius 3 is 2.69 bits per heavy atom. The minimum Gasteiger partial charge on any atom is -0.497 e. The average Bonchev–Trinajstić information content (AvgIpc) is 3.48. The van der Waals surface area contributed by atoms with E-state index in [9.17, 15) is 4.79 Å². The molecule has 0 aliphatic heterocycles. The van der Waals surface area contributed by atoms with Gasteiger partial charge in [0.25, 0.3) is 5.91 Å². The molecule has 7 heteroatoms. The van der Waals surface area contributed by atoms with Crippen molar-refractivity contribution in [3.05, 3.63) is 95.7 Å². The molecule has 0 saturated heterocycles. The first kappa shape index (κ1) is 21.2. The summed E-state index contributed by atoms with van der Waals surface area (Å²) in [5.41, 5.74) is 2.88. The highest BCUT2D eigenvalue weighted by molar-refractivity contribution is 6.02. The smallest absolute Gasteiger partial charge is 0.291 e. The van der Waals surface area contributed by atoms with Crippen LogP contribution in [0.15, 0.2) is 77.5 Å². The van der Waals surface area contributed by atoms with E-state index in [0.717, 1.165) is 23.5 Å². The minimum atomic E-state index is -0.343. The van der Waals surface area contributed by atoms with Crippen molar-refractivity contribution in [1.82, 2.24) is 9.78 Å². The summed E-state index contributed by atoms with van der Waals surface area (Å²) in [6.07, 6.45) is 4.35. The second-order valence-corrected chi connectivity index (χ2v) is 7.28. The zero-order valence-electron chi connectivity index (χ0n) is 18.1. The van der Waals surface area contributed by atoms with Crippen LogP contribution in [0.5, 0.6) is 11.5 Å². The van der Waals surface area contributed by atoms with Crippen LogP contribution in [0, 0.1) is 0 Å². The number of ether oxygens (including phenoxy) is 2. The minimum absolute atomic E-state index is 0.213. The monoisotopic (exact) mass is 431 g/mol. The van der Waals surface area contributed by atoms with Crippen LogP contribution in [0.3, 0.4) is 0 Å². The maximum Gasteiger partial charge on any atom is 0.291 e. The third kappa shape index (κ3) is 5.37. The van der Waals surface area contributed by atoms with Gasteiger partial charge < -0.3 is 19.2 Å². The molecule has 0 atom stereocenters. The van der Waals surface area contributed by atoms with Crippen molar-refractivity contribution in [1.29, 1.82) is 0 Å². The number of methoxy groups -OCH3 is 1. The molecule has 0 aliphatic rings. The number of hydrogen-bond acceptors (Lipinski definition) is 5. The van der Waals surface area contributed by atoms with Gasteiger partial charge in [-0.15, -0.1) is 0 Å². The Morgan fingerprint density at radius 2 is 1.91 bits per heavy atom. The average molecular weight is 431 g/mol. The van der Waals surface area contributed by atoms with Crippen LogP contribution in [-0.2, 0) is 19.6 Å². The molecular weight excluding hydrogens is 406 g/mol. The van der Waals surface area contributed by atoms with Crippen LogP contribution in [-0.4, -0.2) is 22.8 Å². The van der Waals surface area contributed by atoms with Gasteiger partial charge in [-0.1, -0.05) is 31.2 Å². The zero-order chi connectivity index (χ0) is 22.3. The lowest BCUT2D eigenvalue weighted by atomic mass is 10.2. The summed E-state index contributed by atoms with van der Waals surface area (Å²) in [6.45, 7) is 2.92. The third-order valence-corrected chi connectivity index (χ3v) is 4.97. The van der Waals surface area contributed by atoms with E-state index in [4.69, 9.17) is 13.9 Å². The first-order valence-electron chi connectivity index (χ1n) is 10.4. The molecule has 1 amide bonds. The number of furan rings is 1. The molecular formula is C25H25N3O4. The van der Waals surface area contributed by atoms with Gasteiger partial charge in [0.15, 0.2) is 5.76 Å². The van der Waals surface area contributed by atoms with Crippen LogP contribution >= 0.6 is 0 Å². The molecule has 0 fully saturated rings. The van der Waals surface area contributed by atoms with E-state index in [2.05, 4.69) is 17.3 Å². The lowest BCUT2D eigenvalue weighted by molar-refractivity contribution is 0.0992.